The summed E-state index contributed by atoms with van der Waals surface area (Å²) in [6, 6.07) is 8.97. The topological polar surface area (TPSA) is 98.9 Å². The Labute approximate surface area is 149 Å². The number of amides is 1. The maximum Gasteiger partial charge on any atom is 0.254 e. The van der Waals surface area contributed by atoms with Crippen LogP contribution in [0.2, 0.25) is 0 Å². The van der Waals surface area contributed by atoms with Gasteiger partial charge in [0.15, 0.2) is 0 Å². The van der Waals surface area contributed by atoms with Crippen LogP contribution in [-0.2, 0) is 0 Å². The lowest BCUT2D eigenvalue weighted by molar-refractivity contribution is 0.0527. The van der Waals surface area contributed by atoms with Gasteiger partial charge in [0.25, 0.3) is 5.91 Å². The summed E-state index contributed by atoms with van der Waals surface area (Å²) in [5.41, 5.74) is 1.34. The third-order valence-electron chi connectivity index (χ3n) is 4.21. The van der Waals surface area contributed by atoms with Crippen LogP contribution in [0.1, 0.15) is 23.2 Å². The van der Waals surface area contributed by atoms with Gasteiger partial charge in [0.2, 0.25) is 5.88 Å². The van der Waals surface area contributed by atoms with E-state index < -0.39 is 0 Å². The number of hydrogen-bond acceptors (Lipinski definition) is 7. The number of hydrogen-bond donors (Lipinski definition) is 0. The lowest BCUT2D eigenvalue weighted by Gasteiger charge is -2.32. The molecule has 1 saturated heterocycles. The first kappa shape index (κ1) is 16.1. The van der Waals surface area contributed by atoms with E-state index >= 15 is 0 Å². The van der Waals surface area contributed by atoms with Crippen LogP contribution >= 0.6 is 0 Å². The van der Waals surface area contributed by atoms with Crippen LogP contribution in [0.4, 0.5) is 0 Å². The van der Waals surface area contributed by atoms with Crippen molar-refractivity contribution in [2.75, 3.05) is 13.1 Å². The van der Waals surface area contributed by atoms with Crippen LogP contribution in [0.5, 0.6) is 5.88 Å². The van der Waals surface area contributed by atoms with E-state index in [0.29, 0.717) is 24.5 Å². The largest absolute Gasteiger partial charge is 0.472 e. The zero-order chi connectivity index (χ0) is 17.8. The molecule has 1 amide bonds. The molecule has 1 aliphatic rings. The molecule has 1 aliphatic heterocycles. The molecule has 4 rings (SSSR count). The number of ether oxygens (including phenoxy) is 1. The molecule has 0 N–H and O–H groups in total. The monoisotopic (exact) mass is 351 g/mol. The summed E-state index contributed by atoms with van der Waals surface area (Å²) >= 11 is 0. The molecule has 1 atom stereocenters. The van der Waals surface area contributed by atoms with Crippen molar-refractivity contribution in [2.45, 2.75) is 18.9 Å². The minimum Gasteiger partial charge on any atom is -0.472 e. The van der Waals surface area contributed by atoms with Crippen molar-refractivity contribution in [3.63, 3.8) is 0 Å². The summed E-state index contributed by atoms with van der Waals surface area (Å²) < 4.78 is 7.40. The predicted molar refractivity (Wildman–Crippen MR) is 90.7 cm³/mol. The first-order chi connectivity index (χ1) is 12.8. The molecule has 26 heavy (non-hydrogen) atoms. The fraction of sp³-hybridized carbons (Fsp3) is 0.294. The quantitative estimate of drug-likeness (QED) is 0.695. The Bertz CT molecular complexity index is 870. The van der Waals surface area contributed by atoms with E-state index in [4.69, 9.17) is 4.74 Å². The highest BCUT2D eigenvalue weighted by Gasteiger charge is 2.26. The first-order valence-electron chi connectivity index (χ1n) is 8.35. The van der Waals surface area contributed by atoms with Gasteiger partial charge in [-0.3, -0.25) is 4.79 Å². The van der Waals surface area contributed by atoms with Crippen molar-refractivity contribution >= 4 is 5.91 Å². The summed E-state index contributed by atoms with van der Waals surface area (Å²) in [5, 5.41) is 11.1. The minimum absolute atomic E-state index is 0.0316. The van der Waals surface area contributed by atoms with Gasteiger partial charge in [0, 0.05) is 24.4 Å². The van der Waals surface area contributed by atoms with Crippen molar-refractivity contribution < 1.29 is 9.53 Å². The van der Waals surface area contributed by atoms with Crippen LogP contribution in [0.25, 0.3) is 5.69 Å². The van der Waals surface area contributed by atoms with Crippen molar-refractivity contribution in [3.05, 3.63) is 54.7 Å². The predicted octanol–water partition coefficient (Wildman–Crippen LogP) is 1.14. The number of tetrazole rings is 1. The number of benzene rings is 1. The van der Waals surface area contributed by atoms with E-state index in [-0.39, 0.29) is 12.0 Å². The van der Waals surface area contributed by atoms with Crippen molar-refractivity contribution in [3.8, 4) is 11.6 Å². The molecule has 0 bridgehead atoms. The Morgan fingerprint density at radius 1 is 1.27 bits per heavy atom. The molecule has 1 aromatic carbocycles. The Hall–Kier alpha value is -3.36. The number of rotatable bonds is 4. The highest BCUT2D eigenvalue weighted by molar-refractivity contribution is 5.94. The van der Waals surface area contributed by atoms with Gasteiger partial charge < -0.3 is 9.64 Å². The van der Waals surface area contributed by atoms with Gasteiger partial charge in [-0.1, -0.05) is 6.07 Å². The molecule has 0 aliphatic carbocycles. The number of carbonyl (C=O) groups excluding carboxylic acids is 1. The second-order valence-corrected chi connectivity index (χ2v) is 5.99. The number of nitrogens with zero attached hydrogens (tertiary/aromatic N) is 7. The Morgan fingerprint density at radius 3 is 3.04 bits per heavy atom. The average molecular weight is 351 g/mol. The van der Waals surface area contributed by atoms with E-state index in [0.717, 1.165) is 18.5 Å². The number of carbonyl (C=O) groups is 1. The molecule has 9 nitrogen and oxygen atoms in total. The lowest BCUT2D eigenvalue weighted by atomic mass is 10.1. The summed E-state index contributed by atoms with van der Waals surface area (Å²) in [6.45, 7) is 1.23. The zero-order valence-corrected chi connectivity index (χ0v) is 14.0. The smallest absolute Gasteiger partial charge is 0.254 e. The van der Waals surface area contributed by atoms with E-state index in [1.54, 1.807) is 24.4 Å². The lowest BCUT2D eigenvalue weighted by Crippen LogP contribution is -2.44. The van der Waals surface area contributed by atoms with E-state index in [9.17, 15) is 4.79 Å². The van der Waals surface area contributed by atoms with Crippen molar-refractivity contribution in [2.24, 2.45) is 0 Å². The van der Waals surface area contributed by atoms with E-state index in [1.165, 1.54) is 17.3 Å². The van der Waals surface area contributed by atoms with Crippen molar-refractivity contribution in [1.82, 2.24) is 35.1 Å². The Kier molecular flexibility index (Phi) is 4.50. The maximum atomic E-state index is 12.9. The third kappa shape index (κ3) is 3.51. The molecule has 132 valence electrons. The zero-order valence-electron chi connectivity index (χ0n) is 14.0. The van der Waals surface area contributed by atoms with Crippen LogP contribution < -0.4 is 4.74 Å². The molecule has 3 aromatic rings. The summed E-state index contributed by atoms with van der Waals surface area (Å²) in [6.07, 6.45) is 6.28. The summed E-state index contributed by atoms with van der Waals surface area (Å²) in [7, 11) is 0. The Balaban J connectivity index is 1.47. The molecule has 1 unspecified atom stereocenters. The molecular formula is C17H17N7O2. The summed E-state index contributed by atoms with van der Waals surface area (Å²) in [4.78, 5) is 22.7. The highest BCUT2D eigenvalue weighted by Crippen LogP contribution is 2.19. The van der Waals surface area contributed by atoms with Crippen molar-refractivity contribution in [1.29, 1.82) is 0 Å². The molecule has 0 saturated carbocycles. The molecular weight excluding hydrogens is 334 g/mol. The SMILES string of the molecule is O=C(c1cccc(-n2cnnn2)c1)N1CCCC(Oc2ccncn2)C1. The summed E-state index contributed by atoms with van der Waals surface area (Å²) in [5.74, 6) is 0.496. The second kappa shape index (κ2) is 7.26. The number of aromatic nitrogens is 6. The average Bonchev–Trinajstić information content (AvgIpc) is 3.23. The third-order valence-corrected chi connectivity index (χ3v) is 4.21. The standard InChI is InChI=1S/C17H17N7O2/c25-17(13-3-1-4-14(9-13)24-12-20-21-22-24)23-8-2-5-15(10-23)26-16-6-7-18-11-19-16/h1,3-4,6-7,9,11-12,15H,2,5,8,10H2. The number of likely N-dealkylation sites (tertiary alicyclic amines) is 1. The molecule has 3 heterocycles. The molecule has 0 spiro atoms. The van der Waals surface area contributed by atoms with Gasteiger partial charge in [-0.15, -0.1) is 5.10 Å². The fourth-order valence-electron chi connectivity index (χ4n) is 2.98. The second-order valence-electron chi connectivity index (χ2n) is 5.99. The molecule has 0 radical (unpaired) electrons. The van der Waals surface area contributed by atoms with Gasteiger partial charge in [-0.25, -0.2) is 14.6 Å². The fourth-order valence-corrected chi connectivity index (χ4v) is 2.98. The molecule has 2 aromatic heterocycles. The molecule has 9 heteroatoms. The number of piperidine rings is 1. The van der Waals surface area contributed by atoms with Crippen LogP contribution in [-0.4, -0.2) is 60.2 Å². The van der Waals surface area contributed by atoms with Gasteiger partial charge in [-0.2, -0.15) is 0 Å². The minimum atomic E-state index is -0.0784. The van der Waals surface area contributed by atoms with Gasteiger partial charge >= 0.3 is 0 Å². The molecule has 1 fully saturated rings. The van der Waals surface area contributed by atoms with Crippen LogP contribution in [0.15, 0.2) is 49.2 Å². The van der Waals surface area contributed by atoms with Crippen LogP contribution in [0, 0.1) is 0 Å². The van der Waals surface area contributed by atoms with Gasteiger partial charge in [0.1, 0.15) is 18.8 Å². The Morgan fingerprint density at radius 2 is 2.23 bits per heavy atom. The van der Waals surface area contributed by atoms with E-state index in [1.807, 2.05) is 17.0 Å². The van der Waals surface area contributed by atoms with E-state index in [2.05, 4.69) is 25.5 Å². The van der Waals surface area contributed by atoms with Crippen LogP contribution in [0.3, 0.4) is 0 Å². The maximum absolute atomic E-state index is 12.9. The normalized spacial score (nSPS) is 17.1. The van der Waals surface area contributed by atoms with Gasteiger partial charge in [-0.05, 0) is 41.5 Å². The first-order valence-corrected chi connectivity index (χ1v) is 8.35. The van der Waals surface area contributed by atoms with Gasteiger partial charge in [0.05, 0.1) is 12.2 Å². The highest BCUT2D eigenvalue weighted by atomic mass is 16.5.